The largest absolute Gasteiger partial charge is 0.497 e. The third kappa shape index (κ3) is 3.41. The van der Waals surface area contributed by atoms with Crippen molar-refractivity contribution in [3.8, 4) is 17.0 Å². The quantitative estimate of drug-likeness (QED) is 0.575. The van der Waals surface area contributed by atoms with Crippen molar-refractivity contribution in [3.05, 3.63) is 71.1 Å². The molecule has 0 atom stereocenters. The molecule has 136 valence electrons. The van der Waals surface area contributed by atoms with E-state index in [-0.39, 0.29) is 5.91 Å². The molecule has 1 amide bonds. The molecule has 6 nitrogen and oxygen atoms in total. The van der Waals surface area contributed by atoms with E-state index in [0.717, 1.165) is 33.1 Å². The van der Waals surface area contributed by atoms with Crippen LogP contribution in [-0.2, 0) is 6.54 Å². The standard InChI is InChI=1S/C20H18N4O2S/c1-13-9-21-7-6-15(13)10-22-19(25)18-12-27-20-23-17(11-24(18)20)14-4-3-5-16(8-14)26-2/h3-9,11-12H,10H2,1-2H3,(H,22,25). The first-order chi connectivity index (χ1) is 13.2. The molecule has 1 aromatic carbocycles. The van der Waals surface area contributed by atoms with Crippen LogP contribution >= 0.6 is 11.3 Å². The zero-order valence-electron chi connectivity index (χ0n) is 15.0. The number of carbonyl (C=O) groups is 1. The molecule has 1 N–H and O–H groups in total. The molecule has 4 rings (SSSR count). The molecule has 27 heavy (non-hydrogen) atoms. The fourth-order valence-electron chi connectivity index (χ4n) is 2.84. The zero-order chi connectivity index (χ0) is 18.8. The van der Waals surface area contributed by atoms with Crippen molar-refractivity contribution in [1.29, 1.82) is 0 Å². The van der Waals surface area contributed by atoms with E-state index in [0.29, 0.717) is 12.2 Å². The molecular weight excluding hydrogens is 360 g/mol. The molecule has 3 heterocycles. The van der Waals surface area contributed by atoms with E-state index in [9.17, 15) is 4.79 Å². The van der Waals surface area contributed by atoms with Crippen LogP contribution in [0.1, 0.15) is 21.6 Å². The van der Waals surface area contributed by atoms with Crippen LogP contribution in [0.25, 0.3) is 16.2 Å². The van der Waals surface area contributed by atoms with Crippen LogP contribution < -0.4 is 10.1 Å². The smallest absolute Gasteiger partial charge is 0.269 e. The van der Waals surface area contributed by atoms with Gasteiger partial charge in [-0.05, 0) is 36.2 Å². The Morgan fingerprint density at radius 1 is 1.33 bits per heavy atom. The number of amides is 1. The number of rotatable bonds is 5. The lowest BCUT2D eigenvalue weighted by Crippen LogP contribution is -2.24. The van der Waals surface area contributed by atoms with E-state index in [1.54, 1.807) is 19.5 Å². The van der Waals surface area contributed by atoms with Gasteiger partial charge in [0.05, 0.1) is 12.8 Å². The van der Waals surface area contributed by atoms with Crippen molar-refractivity contribution in [3.63, 3.8) is 0 Å². The number of fused-ring (bicyclic) bond motifs is 1. The summed E-state index contributed by atoms with van der Waals surface area (Å²) in [5, 5.41) is 4.80. The van der Waals surface area contributed by atoms with Crippen molar-refractivity contribution in [2.75, 3.05) is 7.11 Å². The molecule has 0 fully saturated rings. The van der Waals surface area contributed by atoms with Crippen molar-refractivity contribution in [1.82, 2.24) is 19.7 Å². The molecule has 0 bridgehead atoms. The van der Waals surface area contributed by atoms with E-state index in [1.165, 1.54) is 11.3 Å². The van der Waals surface area contributed by atoms with Crippen LogP contribution in [0.3, 0.4) is 0 Å². The number of benzene rings is 1. The van der Waals surface area contributed by atoms with Crippen LogP contribution in [0.4, 0.5) is 0 Å². The second-order valence-corrected chi connectivity index (χ2v) is 6.95. The van der Waals surface area contributed by atoms with Gasteiger partial charge in [0.1, 0.15) is 11.4 Å². The fraction of sp³-hybridized carbons (Fsp3) is 0.150. The van der Waals surface area contributed by atoms with Gasteiger partial charge in [-0.2, -0.15) is 0 Å². The summed E-state index contributed by atoms with van der Waals surface area (Å²) in [5.74, 6) is 0.640. The van der Waals surface area contributed by atoms with Gasteiger partial charge in [-0.3, -0.25) is 14.2 Å². The molecule has 0 saturated carbocycles. The first-order valence-corrected chi connectivity index (χ1v) is 9.32. The molecule has 3 aromatic heterocycles. The van der Waals surface area contributed by atoms with Crippen LogP contribution in [0.2, 0.25) is 0 Å². The number of hydrogen-bond donors (Lipinski definition) is 1. The number of hydrogen-bond acceptors (Lipinski definition) is 5. The number of aromatic nitrogens is 3. The Morgan fingerprint density at radius 3 is 3.04 bits per heavy atom. The molecule has 0 aliphatic heterocycles. The van der Waals surface area contributed by atoms with Crippen molar-refractivity contribution in [2.45, 2.75) is 13.5 Å². The summed E-state index contributed by atoms with van der Waals surface area (Å²) in [6.07, 6.45) is 5.40. The second kappa shape index (κ2) is 7.20. The van der Waals surface area contributed by atoms with Gasteiger partial charge in [0.25, 0.3) is 5.91 Å². The monoisotopic (exact) mass is 378 g/mol. The summed E-state index contributed by atoms with van der Waals surface area (Å²) in [6.45, 7) is 2.44. The van der Waals surface area contributed by atoms with Crippen molar-refractivity contribution in [2.24, 2.45) is 0 Å². The average molecular weight is 378 g/mol. The highest BCUT2D eigenvalue weighted by Gasteiger charge is 2.15. The second-order valence-electron chi connectivity index (χ2n) is 6.12. The van der Waals surface area contributed by atoms with Gasteiger partial charge < -0.3 is 10.1 Å². The van der Waals surface area contributed by atoms with Crippen LogP contribution in [0.15, 0.2) is 54.3 Å². The third-order valence-electron chi connectivity index (χ3n) is 4.38. The lowest BCUT2D eigenvalue weighted by atomic mass is 10.1. The minimum atomic E-state index is -0.132. The molecule has 0 saturated heterocycles. The first-order valence-electron chi connectivity index (χ1n) is 8.44. The van der Waals surface area contributed by atoms with Crippen molar-refractivity contribution >= 4 is 22.2 Å². The number of methoxy groups -OCH3 is 1. The Kier molecular flexibility index (Phi) is 4.60. The topological polar surface area (TPSA) is 68.5 Å². The third-order valence-corrected chi connectivity index (χ3v) is 5.22. The SMILES string of the molecule is COc1cccc(-c2cn3c(C(=O)NCc4ccncc4C)csc3n2)c1. The highest BCUT2D eigenvalue weighted by Crippen LogP contribution is 2.26. The number of nitrogens with zero attached hydrogens (tertiary/aromatic N) is 3. The number of carbonyl (C=O) groups excluding carboxylic acids is 1. The summed E-state index contributed by atoms with van der Waals surface area (Å²) < 4.78 is 7.10. The summed E-state index contributed by atoms with van der Waals surface area (Å²) in [4.78, 5) is 22.1. The van der Waals surface area contributed by atoms with Gasteiger partial charge in [-0.15, -0.1) is 11.3 Å². The molecule has 0 aliphatic rings. The maximum absolute atomic E-state index is 12.7. The predicted molar refractivity (Wildman–Crippen MR) is 105 cm³/mol. The number of thiazole rings is 1. The number of ether oxygens (including phenoxy) is 1. The predicted octanol–water partition coefficient (Wildman–Crippen LogP) is 3.70. The zero-order valence-corrected chi connectivity index (χ0v) is 15.8. The van der Waals surface area contributed by atoms with E-state index >= 15 is 0 Å². The number of pyridine rings is 1. The highest BCUT2D eigenvalue weighted by atomic mass is 32.1. The fourth-order valence-corrected chi connectivity index (χ4v) is 3.69. The summed E-state index contributed by atoms with van der Waals surface area (Å²) >= 11 is 1.44. The van der Waals surface area contributed by atoms with E-state index in [2.05, 4.69) is 15.3 Å². The summed E-state index contributed by atoms with van der Waals surface area (Å²) in [7, 11) is 1.64. The molecule has 0 spiro atoms. The Labute approximate surface area is 160 Å². The van der Waals surface area contributed by atoms with Gasteiger partial charge >= 0.3 is 0 Å². The number of nitrogens with one attached hydrogen (secondary N) is 1. The van der Waals surface area contributed by atoms with Gasteiger partial charge in [0.15, 0.2) is 4.96 Å². The Balaban J connectivity index is 1.58. The lowest BCUT2D eigenvalue weighted by molar-refractivity contribution is 0.0945. The Morgan fingerprint density at radius 2 is 2.22 bits per heavy atom. The van der Waals surface area contributed by atoms with Gasteiger partial charge in [-0.25, -0.2) is 4.98 Å². The number of imidazole rings is 1. The summed E-state index contributed by atoms with van der Waals surface area (Å²) in [5.41, 5.74) is 4.43. The minimum Gasteiger partial charge on any atom is -0.497 e. The maximum atomic E-state index is 12.7. The molecular formula is C20H18N4O2S. The molecule has 7 heteroatoms. The molecule has 4 aromatic rings. The normalized spacial score (nSPS) is 10.9. The molecule has 0 radical (unpaired) electrons. The lowest BCUT2D eigenvalue weighted by Gasteiger charge is -2.07. The van der Waals surface area contributed by atoms with E-state index in [1.807, 2.05) is 53.2 Å². The van der Waals surface area contributed by atoms with Gasteiger partial charge in [0, 0.05) is 36.1 Å². The van der Waals surface area contributed by atoms with Crippen LogP contribution in [0.5, 0.6) is 5.75 Å². The number of aryl methyl sites for hydroxylation is 1. The average Bonchev–Trinajstić information content (AvgIpc) is 3.28. The molecule has 0 unspecified atom stereocenters. The first kappa shape index (κ1) is 17.2. The van der Waals surface area contributed by atoms with Crippen LogP contribution in [0, 0.1) is 6.92 Å². The van der Waals surface area contributed by atoms with Gasteiger partial charge in [-0.1, -0.05) is 12.1 Å². The highest BCUT2D eigenvalue weighted by molar-refractivity contribution is 7.15. The van der Waals surface area contributed by atoms with Crippen LogP contribution in [-0.4, -0.2) is 27.4 Å². The minimum absolute atomic E-state index is 0.132. The molecule has 0 aliphatic carbocycles. The van der Waals surface area contributed by atoms with Gasteiger partial charge in [0.2, 0.25) is 0 Å². The Bertz CT molecular complexity index is 1120. The Hall–Kier alpha value is -3.19. The maximum Gasteiger partial charge on any atom is 0.269 e. The summed E-state index contributed by atoms with van der Waals surface area (Å²) in [6, 6.07) is 9.63. The van der Waals surface area contributed by atoms with Crippen molar-refractivity contribution < 1.29 is 9.53 Å². The van der Waals surface area contributed by atoms with E-state index < -0.39 is 0 Å². The van der Waals surface area contributed by atoms with E-state index in [4.69, 9.17) is 4.74 Å².